The number of nitrogens with zero attached hydrogens (tertiary/aromatic N) is 2. The second-order valence-electron chi connectivity index (χ2n) is 7.14. The lowest BCUT2D eigenvalue weighted by Crippen LogP contribution is -2.35. The van der Waals surface area contributed by atoms with Crippen LogP contribution in [0, 0.1) is 0 Å². The second-order valence-corrected chi connectivity index (χ2v) is 7.14. The van der Waals surface area contributed by atoms with Crippen LogP contribution in [0.25, 0.3) is 6.08 Å². The zero-order chi connectivity index (χ0) is 20.0. The number of esters is 2. The van der Waals surface area contributed by atoms with E-state index in [2.05, 4.69) is 10.3 Å². The van der Waals surface area contributed by atoms with Gasteiger partial charge in [-0.1, -0.05) is 0 Å². The van der Waals surface area contributed by atoms with Crippen molar-refractivity contribution < 1.29 is 23.9 Å². The van der Waals surface area contributed by atoms with Gasteiger partial charge in [0.2, 0.25) is 5.91 Å². The molecule has 1 aromatic rings. The maximum absolute atomic E-state index is 12.0. The average molecular weight is 375 g/mol. The van der Waals surface area contributed by atoms with Gasteiger partial charge in [0.15, 0.2) is 0 Å². The molecule has 0 unspecified atom stereocenters. The van der Waals surface area contributed by atoms with Crippen molar-refractivity contribution >= 4 is 29.7 Å². The third-order valence-corrected chi connectivity index (χ3v) is 3.48. The molecule has 0 bridgehead atoms. The molecular weight excluding hydrogens is 350 g/mol. The fourth-order valence-electron chi connectivity index (χ4n) is 2.53. The zero-order valence-corrected chi connectivity index (χ0v) is 16.1. The lowest BCUT2D eigenvalue weighted by molar-refractivity contribution is -0.148. The molecule has 0 atom stereocenters. The molecule has 2 heterocycles. The summed E-state index contributed by atoms with van der Waals surface area (Å²) in [5.74, 6) is -0.638. The Bertz CT molecular complexity index is 752. The number of rotatable bonds is 5. The number of pyridine rings is 1. The molecule has 1 aromatic heterocycles. The normalized spacial score (nSPS) is 15.0. The molecular formula is C19H25N3O5. The monoisotopic (exact) mass is 375 g/mol. The lowest BCUT2D eigenvalue weighted by Gasteiger charge is -2.18. The number of hydrogen-bond donors (Lipinski definition) is 1. The van der Waals surface area contributed by atoms with Crippen LogP contribution in [0.2, 0.25) is 0 Å². The van der Waals surface area contributed by atoms with Crippen LogP contribution in [0.15, 0.2) is 18.3 Å². The van der Waals surface area contributed by atoms with Crippen LogP contribution in [0.1, 0.15) is 38.8 Å². The molecule has 0 spiro atoms. The van der Waals surface area contributed by atoms with Crippen LogP contribution >= 0.6 is 0 Å². The largest absolute Gasteiger partial charge is 0.465 e. The summed E-state index contributed by atoms with van der Waals surface area (Å²) in [4.78, 5) is 41.5. The zero-order valence-electron chi connectivity index (χ0n) is 16.1. The van der Waals surface area contributed by atoms with Crippen molar-refractivity contribution in [1.82, 2.24) is 9.88 Å². The van der Waals surface area contributed by atoms with Crippen molar-refractivity contribution in [3.63, 3.8) is 0 Å². The Kier molecular flexibility index (Phi) is 6.68. The highest BCUT2D eigenvalue weighted by Crippen LogP contribution is 2.20. The smallest absolute Gasteiger partial charge is 0.331 e. The standard InChI is InChI=1S/C19H25N3O5/c1-5-26-17(25)12-22-10-14-8-13(6-7-16(24)27-19(2,3)4)9-20-18(14)21-15(23)11-22/h6-9H,5,10-12H2,1-4H3,(H,20,21,23). The molecule has 1 aliphatic rings. The molecule has 8 heteroatoms. The fourth-order valence-corrected chi connectivity index (χ4v) is 2.53. The van der Waals surface area contributed by atoms with Gasteiger partial charge in [0, 0.05) is 24.4 Å². The topological polar surface area (TPSA) is 97.8 Å². The van der Waals surface area contributed by atoms with Crippen LogP contribution in [0.4, 0.5) is 5.82 Å². The van der Waals surface area contributed by atoms with Crippen LogP contribution in [-0.2, 0) is 30.4 Å². The van der Waals surface area contributed by atoms with E-state index in [1.54, 1.807) is 44.9 Å². The summed E-state index contributed by atoms with van der Waals surface area (Å²) in [6, 6.07) is 1.81. The maximum Gasteiger partial charge on any atom is 0.331 e. The van der Waals surface area contributed by atoms with E-state index in [1.165, 1.54) is 6.08 Å². The number of nitrogens with one attached hydrogen (secondary N) is 1. The summed E-state index contributed by atoms with van der Waals surface area (Å²) in [7, 11) is 0. The van der Waals surface area contributed by atoms with Crippen LogP contribution < -0.4 is 5.32 Å². The van der Waals surface area contributed by atoms with Crippen LogP contribution in [-0.4, -0.2) is 53.0 Å². The summed E-state index contributed by atoms with van der Waals surface area (Å²) >= 11 is 0. The van der Waals surface area contributed by atoms with E-state index in [0.717, 1.165) is 5.56 Å². The summed E-state index contributed by atoms with van der Waals surface area (Å²) in [5.41, 5.74) is 0.869. The van der Waals surface area contributed by atoms with Gasteiger partial charge in [-0.15, -0.1) is 0 Å². The van der Waals surface area contributed by atoms with Crippen molar-refractivity contribution in [2.24, 2.45) is 0 Å². The number of amides is 1. The number of ether oxygens (including phenoxy) is 2. The van der Waals surface area contributed by atoms with Gasteiger partial charge >= 0.3 is 11.9 Å². The third kappa shape index (κ3) is 6.82. The molecule has 8 nitrogen and oxygen atoms in total. The van der Waals surface area contributed by atoms with Crippen molar-refractivity contribution in [1.29, 1.82) is 0 Å². The van der Waals surface area contributed by atoms with Crippen molar-refractivity contribution in [2.45, 2.75) is 39.8 Å². The maximum atomic E-state index is 12.0. The molecule has 0 fully saturated rings. The average Bonchev–Trinajstić information content (AvgIpc) is 2.68. The van der Waals surface area contributed by atoms with Gasteiger partial charge in [-0.2, -0.15) is 0 Å². The van der Waals surface area contributed by atoms with Gasteiger partial charge in [-0.05, 0) is 45.4 Å². The molecule has 146 valence electrons. The molecule has 1 N–H and O–H groups in total. The van der Waals surface area contributed by atoms with E-state index in [-0.39, 0.29) is 31.6 Å². The number of carbonyl (C=O) groups excluding carboxylic acids is 3. The number of aromatic nitrogens is 1. The minimum atomic E-state index is -0.564. The molecule has 1 amide bonds. The Labute approximate surface area is 158 Å². The Morgan fingerprint density at radius 2 is 2.07 bits per heavy atom. The number of anilines is 1. The SMILES string of the molecule is CCOC(=O)CN1CC(=O)Nc2ncc(C=CC(=O)OC(C)(C)C)cc2C1. The van der Waals surface area contributed by atoms with Gasteiger partial charge in [0.05, 0.1) is 19.7 Å². The summed E-state index contributed by atoms with van der Waals surface area (Å²) < 4.78 is 10.2. The van der Waals surface area contributed by atoms with Crippen molar-refractivity contribution in [3.05, 3.63) is 29.5 Å². The summed E-state index contributed by atoms with van der Waals surface area (Å²) in [6.45, 7) is 7.84. The minimum absolute atomic E-state index is 0.0126. The van der Waals surface area contributed by atoms with Gasteiger partial charge in [-0.25, -0.2) is 9.78 Å². The van der Waals surface area contributed by atoms with Gasteiger partial charge < -0.3 is 14.8 Å². The Hall–Kier alpha value is -2.74. The second kappa shape index (κ2) is 8.77. The summed E-state index contributed by atoms with van der Waals surface area (Å²) in [6.07, 6.45) is 4.49. The first-order valence-electron chi connectivity index (χ1n) is 8.74. The van der Waals surface area contributed by atoms with Crippen molar-refractivity contribution in [2.75, 3.05) is 25.0 Å². The van der Waals surface area contributed by atoms with Gasteiger partial charge in [0.25, 0.3) is 0 Å². The molecule has 27 heavy (non-hydrogen) atoms. The molecule has 0 radical (unpaired) electrons. The fraction of sp³-hybridized carbons (Fsp3) is 0.474. The number of hydrogen-bond acceptors (Lipinski definition) is 7. The molecule has 0 aromatic carbocycles. The van der Waals surface area contributed by atoms with Gasteiger partial charge in [-0.3, -0.25) is 14.5 Å². The van der Waals surface area contributed by atoms with E-state index in [1.807, 2.05) is 6.07 Å². The Morgan fingerprint density at radius 1 is 1.33 bits per heavy atom. The molecule has 0 saturated carbocycles. The van der Waals surface area contributed by atoms with E-state index in [4.69, 9.17) is 9.47 Å². The molecule has 2 rings (SSSR count). The number of carbonyl (C=O) groups is 3. The Morgan fingerprint density at radius 3 is 2.74 bits per heavy atom. The van der Waals surface area contributed by atoms with Crippen LogP contribution in [0.3, 0.4) is 0 Å². The first-order chi connectivity index (χ1) is 12.7. The Balaban J connectivity index is 2.14. The van der Waals surface area contributed by atoms with Crippen molar-refractivity contribution in [3.8, 4) is 0 Å². The van der Waals surface area contributed by atoms with E-state index in [9.17, 15) is 14.4 Å². The first kappa shape index (κ1) is 20.6. The highest BCUT2D eigenvalue weighted by molar-refractivity contribution is 5.93. The highest BCUT2D eigenvalue weighted by atomic mass is 16.6. The predicted molar refractivity (Wildman–Crippen MR) is 99.7 cm³/mol. The molecule has 0 saturated heterocycles. The third-order valence-electron chi connectivity index (χ3n) is 3.48. The van der Waals surface area contributed by atoms with Crippen LogP contribution in [0.5, 0.6) is 0 Å². The van der Waals surface area contributed by atoms with Gasteiger partial charge in [0.1, 0.15) is 11.4 Å². The highest BCUT2D eigenvalue weighted by Gasteiger charge is 2.22. The van der Waals surface area contributed by atoms with E-state index < -0.39 is 11.6 Å². The minimum Gasteiger partial charge on any atom is -0.465 e. The number of fused-ring (bicyclic) bond motifs is 1. The van der Waals surface area contributed by atoms with E-state index >= 15 is 0 Å². The first-order valence-corrected chi connectivity index (χ1v) is 8.74. The quantitative estimate of drug-likeness (QED) is 0.618. The lowest BCUT2D eigenvalue weighted by atomic mass is 10.1. The van der Waals surface area contributed by atoms with E-state index in [0.29, 0.717) is 17.9 Å². The predicted octanol–water partition coefficient (Wildman–Crippen LogP) is 1.75. The summed E-state index contributed by atoms with van der Waals surface area (Å²) in [5, 5.41) is 2.72. The molecule has 1 aliphatic heterocycles. The molecule has 0 aliphatic carbocycles.